The van der Waals surface area contributed by atoms with Crippen LogP contribution in [0.15, 0.2) is 23.3 Å². The summed E-state index contributed by atoms with van der Waals surface area (Å²) in [6.45, 7) is 0.411. The van der Waals surface area contributed by atoms with E-state index in [9.17, 15) is 13.6 Å². The summed E-state index contributed by atoms with van der Waals surface area (Å²) in [5, 5.41) is 3.39. The number of azide groups is 1. The molecule has 0 N–H and O–H groups in total. The molecule has 0 radical (unpaired) electrons. The van der Waals surface area contributed by atoms with Crippen LogP contribution < -0.4 is 4.90 Å². The van der Waals surface area contributed by atoms with Crippen molar-refractivity contribution in [1.29, 1.82) is 0 Å². The van der Waals surface area contributed by atoms with E-state index in [1.54, 1.807) is 0 Å². The summed E-state index contributed by atoms with van der Waals surface area (Å²) in [4.78, 5) is 15.5. The third-order valence-electron chi connectivity index (χ3n) is 2.83. The minimum Gasteiger partial charge on any atom is -0.309 e. The fraction of sp³-hybridized carbons (Fsp3) is 0.364. The molecule has 94 valence electrons. The van der Waals surface area contributed by atoms with Gasteiger partial charge in [0.1, 0.15) is 0 Å². The number of benzene rings is 1. The lowest BCUT2D eigenvalue weighted by atomic mass is 10.1. The first-order valence-corrected chi connectivity index (χ1v) is 5.38. The number of halogens is 2. The van der Waals surface area contributed by atoms with Gasteiger partial charge in [-0.3, -0.25) is 4.79 Å². The molecule has 1 aromatic carbocycles. The van der Waals surface area contributed by atoms with E-state index in [0.29, 0.717) is 0 Å². The third-order valence-corrected chi connectivity index (χ3v) is 2.83. The number of rotatable bonds is 3. The second-order valence-electron chi connectivity index (χ2n) is 4.06. The molecule has 1 aliphatic rings. The molecular formula is C11H10F2N4O. The Morgan fingerprint density at radius 2 is 2.28 bits per heavy atom. The van der Waals surface area contributed by atoms with E-state index in [1.165, 1.54) is 17.0 Å². The first-order valence-electron chi connectivity index (χ1n) is 5.38. The van der Waals surface area contributed by atoms with Gasteiger partial charge in [-0.15, -0.1) is 0 Å². The van der Waals surface area contributed by atoms with Crippen LogP contribution in [0.3, 0.4) is 0 Å². The Kier molecular flexibility index (Phi) is 3.43. The summed E-state index contributed by atoms with van der Waals surface area (Å²) in [5.41, 5.74) is 8.14. The van der Waals surface area contributed by atoms with Crippen molar-refractivity contribution in [2.24, 2.45) is 11.0 Å². The zero-order valence-corrected chi connectivity index (χ0v) is 9.38. The van der Waals surface area contributed by atoms with Crippen molar-refractivity contribution in [2.45, 2.75) is 6.42 Å². The van der Waals surface area contributed by atoms with Gasteiger partial charge in [0.2, 0.25) is 5.91 Å². The minimum absolute atomic E-state index is 0.0663. The number of carbonyl (C=O) groups is 1. The second-order valence-corrected chi connectivity index (χ2v) is 4.06. The van der Waals surface area contributed by atoms with Gasteiger partial charge in [-0.05, 0) is 23.6 Å². The molecule has 1 aromatic rings. The average Bonchev–Trinajstić information content (AvgIpc) is 2.71. The van der Waals surface area contributed by atoms with Gasteiger partial charge in [0.15, 0.2) is 11.6 Å². The highest BCUT2D eigenvalue weighted by molar-refractivity contribution is 5.95. The van der Waals surface area contributed by atoms with E-state index in [0.717, 1.165) is 6.07 Å². The summed E-state index contributed by atoms with van der Waals surface area (Å²) < 4.78 is 26.6. The highest BCUT2D eigenvalue weighted by Crippen LogP contribution is 2.28. The molecule has 0 aromatic heterocycles. The van der Waals surface area contributed by atoms with Crippen LogP contribution in [0.4, 0.5) is 14.5 Å². The molecule has 1 fully saturated rings. The van der Waals surface area contributed by atoms with Crippen molar-refractivity contribution < 1.29 is 13.6 Å². The maximum atomic E-state index is 13.6. The van der Waals surface area contributed by atoms with Crippen LogP contribution >= 0.6 is 0 Å². The summed E-state index contributed by atoms with van der Waals surface area (Å²) in [7, 11) is 0. The van der Waals surface area contributed by atoms with Crippen LogP contribution in [0.2, 0.25) is 0 Å². The van der Waals surface area contributed by atoms with E-state index in [4.69, 9.17) is 5.53 Å². The molecule has 0 aliphatic carbocycles. The van der Waals surface area contributed by atoms with Gasteiger partial charge in [-0.2, -0.15) is 0 Å². The van der Waals surface area contributed by atoms with Crippen molar-refractivity contribution in [3.63, 3.8) is 0 Å². The van der Waals surface area contributed by atoms with Crippen molar-refractivity contribution in [1.82, 2.24) is 0 Å². The Balaban J connectivity index is 2.21. The number of anilines is 1. The molecule has 1 saturated heterocycles. The Labute approximate surface area is 102 Å². The van der Waals surface area contributed by atoms with Crippen LogP contribution in [0.5, 0.6) is 0 Å². The predicted octanol–water partition coefficient (Wildman–Crippen LogP) is 2.63. The van der Waals surface area contributed by atoms with Crippen molar-refractivity contribution in [2.75, 3.05) is 18.0 Å². The van der Waals surface area contributed by atoms with Gasteiger partial charge in [0.05, 0.1) is 5.69 Å². The zero-order chi connectivity index (χ0) is 13.1. The van der Waals surface area contributed by atoms with Gasteiger partial charge < -0.3 is 4.90 Å². The number of carbonyl (C=O) groups excluding carboxylic acids is 1. The third kappa shape index (κ3) is 2.26. The average molecular weight is 252 g/mol. The molecule has 0 spiro atoms. The maximum absolute atomic E-state index is 13.6. The Morgan fingerprint density at radius 1 is 1.50 bits per heavy atom. The molecule has 0 bridgehead atoms. The minimum atomic E-state index is -1.03. The highest BCUT2D eigenvalue weighted by Gasteiger charge is 2.32. The Bertz CT molecular complexity index is 528. The van der Waals surface area contributed by atoms with E-state index in [-0.39, 0.29) is 37.0 Å². The van der Waals surface area contributed by atoms with Crippen molar-refractivity contribution >= 4 is 11.6 Å². The monoisotopic (exact) mass is 252 g/mol. The van der Waals surface area contributed by atoms with Gasteiger partial charge in [0, 0.05) is 24.4 Å². The second kappa shape index (κ2) is 5.01. The lowest BCUT2D eigenvalue weighted by Crippen LogP contribution is -2.26. The molecule has 18 heavy (non-hydrogen) atoms. The normalized spacial score (nSPS) is 18.9. The molecule has 5 nitrogen and oxygen atoms in total. The van der Waals surface area contributed by atoms with Gasteiger partial charge in [0.25, 0.3) is 0 Å². The Morgan fingerprint density at radius 3 is 3.00 bits per heavy atom. The Hall–Kier alpha value is -2.14. The van der Waals surface area contributed by atoms with Crippen LogP contribution in [0.1, 0.15) is 6.42 Å². The molecule has 0 saturated carbocycles. The van der Waals surface area contributed by atoms with Crippen molar-refractivity contribution in [3.05, 3.63) is 40.3 Å². The first-order chi connectivity index (χ1) is 8.63. The van der Waals surface area contributed by atoms with Crippen LogP contribution in [0, 0.1) is 17.6 Å². The van der Waals surface area contributed by atoms with Gasteiger partial charge in [-0.1, -0.05) is 11.2 Å². The van der Waals surface area contributed by atoms with Crippen molar-refractivity contribution in [3.8, 4) is 0 Å². The largest absolute Gasteiger partial charge is 0.309 e. The molecule has 1 unspecified atom stereocenters. The fourth-order valence-electron chi connectivity index (χ4n) is 1.99. The summed E-state index contributed by atoms with van der Waals surface area (Å²) in [6.07, 6.45) is 0.176. The zero-order valence-electron chi connectivity index (χ0n) is 9.38. The summed E-state index contributed by atoms with van der Waals surface area (Å²) in [6, 6.07) is 3.70. The predicted molar refractivity (Wildman–Crippen MR) is 60.8 cm³/mol. The lowest BCUT2D eigenvalue weighted by Gasteiger charge is -2.17. The molecule has 2 rings (SSSR count). The summed E-state index contributed by atoms with van der Waals surface area (Å²) >= 11 is 0. The molecule has 1 amide bonds. The van der Waals surface area contributed by atoms with E-state index >= 15 is 0 Å². The van der Waals surface area contributed by atoms with E-state index < -0.39 is 11.6 Å². The quantitative estimate of drug-likeness (QED) is 0.463. The number of amides is 1. The number of hydrogen-bond acceptors (Lipinski definition) is 2. The van der Waals surface area contributed by atoms with Crippen LogP contribution in [-0.2, 0) is 4.79 Å². The molecule has 1 aliphatic heterocycles. The molecular weight excluding hydrogens is 242 g/mol. The van der Waals surface area contributed by atoms with Crippen LogP contribution in [-0.4, -0.2) is 19.0 Å². The molecule has 7 heteroatoms. The standard InChI is InChI=1S/C11H10F2N4O/c12-8-2-1-3-9(11(8)13)17-6-7(4-10(17)18)5-15-16-14/h1-3,7H,4-6H2. The first kappa shape index (κ1) is 12.3. The SMILES string of the molecule is [N-]=[N+]=NCC1CC(=O)N(c2cccc(F)c2F)C1. The topological polar surface area (TPSA) is 69.1 Å². The summed E-state index contributed by atoms with van der Waals surface area (Å²) in [5.74, 6) is -2.47. The number of nitrogens with zero attached hydrogens (tertiary/aromatic N) is 4. The maximum Gasteiger partial charge on any atom is 0.227 e. The fourth-order valence-corrected chi connectivity index (χ4v) is 1.99. The number of hydrogen-bond donors (Lipinski definition) is 0. The lowest BCUT2D eigenvalue weighted by molar-refractivity contribution is -0.117. The molecule has 1 heterocycles. The molecule has 1 atom stereocenters. The highest BCUT2D eigenvalue weighted by atomic mass is 19.2. The van der Waals surface area contributed by atoms with Gasteiger partial charge >= 0.3 is 0 Å². The van der Waals surface area contributed by atoms with Crippen LogP contribution in [0.25, 0.3) is 10.4 Å². The smallest absolute Gasteiger partial charge is 0.227 e. The van der Waals surface area contributed by atoms with E-state index in [1.807, 2.05) is 0 Å². The van der Waals surface area contributed by atoms with Gasteiger partial charge in [-0.25, -0.2) is 8.78 Å². The van der Waals surface area contributed by atoms with E-state index in [2.05, 4.69) is 10.0 Å².